The Labute approximate surface area is 116 Å². The highest BCUT2D eigenvalue weighted by molar-refractivity contribution is 5.18. The van der Waals surface area contributed by atoms with Crippen molar-refractivity contribution in [2.75, 3.05) is 19.6 Å². The molecule has 1 atom stereocenters. The van der Waals surface area contributed by atoms with Crippen LogP contribution in [-0.2, 0) is 6.42 Å². The fourth-order valence-electron chi connectivity index (χ4n) is 2.30. The quantitative estimate of drug-likeness (QED) is 0.822. The van der Waals surface area contributed by atoms with Gasteiger partial charge in [-0.15, -0.1) is 0 Å². The molecule has 0 aromatic heterocycles. The van der Waals surface area contributed by atoms with E-state index >= 15 is 0 Å². The number of hydrogen-bond acceptors (Lipinski definition) is 2. The molecule has 0 radical (unpaired) electrons. The largest absolute Gasteiger partial charge is 0.330 e. The average Bonchev–Trinajstić information content (AvgIpc) is 2.38. The molecule has 0 saturated heterocycles. The first-order chi connectivity index (χ1) is 8.89. The summed E-state index contributed by atoms with van der Waals surface area (Å²) < 4.78 is 13.7. The molecule has 19 heavy (non-hydrogen) atoms. The van der Waals surface area contributed by atoms with E-state index in [1.54, 1.807) is 6.07 Å². The second-order valence-corrected chi connectivity index (χ2v) is 6.08. The van der Waals surface area contributed by atoms with Gasteiger partial charge in [0.05, 0.1) is 0 Å². The highest BCUT2D eigenvalue weighted by Gasteiger charge is 2.23. The smallest absolute Gasteiger partial charge is 0.126 e. The minimum atomic E-state index is -0.108. The highest BCUT2D eigenvalue weighted by Crippen LogP contribution is 2.19. The molecular weight excluding hydrogens is 239 g/mol. The van der Waals surface area contributed by atoms with Crippen LogP contribution in [0.4, 0.5) is 4.39 Å². The number of benzene rings is 1. The number of halogens is 1. The zero-order chi connectivity index (χ0) is 14.5. The van der Waals surface area contributed by atoms with Crippen molar-refractivity contribution in [3.05, 3.63) is 35.6 Å². The average molecular weight is 266 g/mol. The third-order valence-electron chi connectivity index (χ3n) is 3.69. The maximum Gasteiger partial charge on any atom is 0.126 e. The third-order valence-corrected chi connectivity index (χ3v) is 3.69. The van der Waals surface area contributed by atoms with Crippen molar-refractivity contribution in [3.8, 4) is 0 Å². The van der Waals surface area contributed by atoms with Crippen LogP contribution in [0, 0.1) is 11.2 Å². The molecule has 0 aliphatic carbocycles. The molecular formula is C16H27FN2. The summed E-state index contributed by atoms with van der Waals surface area (Å²) >= 11 is 0. The Morgan fingerprint density at radius 3 is 2.47 bits per heavy atom. The van der Waals surface area contributed by atoms with E-state index in [9.17, 15) is 4.39 Å². The second-order valence-electron chi connectivity index (χ2n) is 6.08. The number of nitrogens with zero attached hydrogens (tertiary/aromatic N) is 1. The van der Waals surface area contributed by atoms with Crippen molar-refractivity contribution in [2.45, 2.75) is 40.2 Å². The first kappa shape index (κ1) is 16.1. The SMILES string of the molecule is CCN(CC(C)(C)CN)C(C)Cc1ccccc1F. The highest BCUT2D eigenvalue weighted by atomic mass is 19.1. The van der Waals surface area contributed by atoms with Gasteiger partial charge in [0.15, 0.2) is 0 Å². The van der Waals surface area contributed by atoms with Gasteiger partial charge in [-0.25, -0.2) is 4.39 Å². The van der Waals surface area contributed by atoms with Gasteiger partial charge in [0.2, 0.25) is 0 Å². The fourth-order valence-corrected chi connectivity index (χ4v) is 2.30. The Morgan fingerprint density at radius 1 is 1.32 bits per heavy atom. The van der Waals surface area contributed by atoms with Gasteiger partial charge >= 0.3 is 0 Å². The number of rotatable bonds is 7. The van der Waals surface area contributed by atoms with Crippen LogP contribution in [0.5, 0.6) is 0 Å². The maximum atomic E-state index is 13.7. The second kappa shape index (κ2) is 7.01. The zero-order valence-corrected chi connectivity index (χ0v) is 12.6. The third kappa shape index (κ3) is 4.92. The van der Waals surface area contributed by atoms with Crippen LogP contribution in [-0.4, -0.2) is 30.6 Å². The van der Waals surface area contributed by atoms with Crippen LogP contribution in [0.2, 0.25) is 0 Å². The van der Waals surface area contributed by atoms with Crippen LogP contribution in [0.3, 0.4) is 0 Å². The maximum absolute atomic E-state index is 13.7. The van der Waals surface area contributed by atoms with Gasteiger partial charge in [-0.3, -0.25) is 0 Å². The molecule has 0 heterocycles. The lowest BCUT2D eigenvalue weighted by Gasteiger charge is -2.35. The normalized spacial score (nSPS) is 13.8. The summed E-state index contributed by atoms with van der Waals surface area (Å²) in [6.07, 6.45) is 0.737. The monoisotopic (exact) mass is 266 g/mol. The Bertz CT molecular complexity index is 390. The molecule has 1 unspecified atom stereocenters. The van der Waals surface area contributed by atoms with Crippen molar-refractivity contribution in [1.82, 2.24) is 4.90 Å². The lowest BCUT2D eigenvalue weighted by Crippen LogP contribution is -2.43. The zero-order valence-electron chi connectivity index (χ0n) is 12.6. The molecule has 1 aromatic rings. The number of likely N-dealkylation sites (N-methyl/N-ethyl adjacent to an activating group) is 1. The molecule has 3 heteroatoms. The van der Waals surface area contributed by atoms with Crippen molar-refractivity contribution in [3.63, 3.8) is 0 Å². The minimum Gasteiger partial charge on any atom is -0.330 e. The molecule has 0 amide bonds. The predicted octanol–water partition coefficient (Wildman–Crippen LogP) is 3.06. The van der Waals surface area contributed by atoms with Crippen LogP contribution >= 0.6 is 0 Å². The molecule has 0 saturated carbocycles. The van der Waals surface area contributed by atoms with Gasteiger partial charge < -0.3 is 10.6 Å². The summed E-state index contributed by atoms with van der Waals surface area (Å²) in [6.45, 7) is 11.2. The number of nitrogens with two attached hydrogens (primary N) is 1. The Balaban J connectivity index is 2.69. The van der Waals surface area contributed by atoms with Gasteiger partial charge in [-0.2, -0.15) is 0 Å². The molecule has 0 fully saturated rings. The van der Waals surface area contributed by atoms with Crippen LogP contribution in [0.25, 0.3) is 0 Å². The summed E-state index contributed by atoms with van der Waals surface area (Å²) in [6, 6.07) is 7.34. The Morgan fingerprint density at radius 2 is 1.95 bits per heavy atom. The minimum absolute atomic E-state index is 0.0967. The standard InChI is InChI=1S/C16H27FN2/c1-5-19(12-16(3,4)11-18)13(2)10-14-8-6-7-9-15(14)17/h6-9,13H,5,10-12,18H2,1-4H3. The summed E-state index contributed by atoms with van der Waals surface area (Å²) in [4.78, 5) is 2.37. The molecule has 2 N–H and O–H groups in total. The van der Waals surface area contributed by atoms with Crippen molar-refractivity contribution < 1.29 is 4.39 Å². The van der Waals surface area contributed by atoms with Gasteiger partial charge in [0, 0.05) is 12.6 Å². The Hall–Kier alpha value is -0.930. The van der Waals surface area contributed by atoms with Gasteiger partial charge in [-0.1, -0.05) is 39.0 Å². The topological polar surface area (TPSA) is 29.3 Å². The Kier molecular flexibility index (Phi) is 5.95. The van der Waals surface area contributed by atoms with E-state index in [1.807, 2.05) is 12.1 Å². The first-order valence-electron chi connectivity index (χ1n) is 7.07. The van der Waals surface area contributed by atoms with Crippen LogP contribution < -0.4 is 5.73 Å². The summed E-state index contributed by atoms with van der Waals surface area (Å²) in [5.74, 6) is -0.108. The summed E-state index contributed by atoms with van der Waals surface area (Å²) in [7, 11) is 0. The fraction of sp³-hybridized carbons (Fsp3) is 0.625. The molecule has 1 aromatic carbocycles. The summed E-state index contributed by atoms with van der Waals surface area (Å²) in [5, 5.41) is 0. The van der Waals surface area contributed by atoms with Crippen LogP contribution in [0.15, 0.2) is 24.3 Å². The van der Waals surface area contributed by atoms with E-state index in [-0.39, 0.29) is 11.2 Å². The summed E-state index contributed by atoms with van der Waals surface area (Å²) in [5.41, 5.74) is 6.69. The molecule has 0 spiro atoms. The molecule has 1 rings (SSSR count). The lowest BCUT2D eigenvalue weighted by atomic mass is 9.92. The van der Waals surface area contributed by atoms with E-state index in [0.29, 0.717) is 12.6 Å². The van der Waals surface area contributed by atoms with E-state index in [0.717, 1.165) is 25.1 Å². The molecule has 0 aliphatic rings. The molecule has 0 bridgehead atoms. The van der Waals surface area contributed by atoms with E-state index in [1.165, 1.54) is 6.07 Å². The van der Waals surface area contributed by atoms with Crippen molar-refractivity contribution in [1.29, 1.82) is 0 Å². The molecule has 2 nitrogen and oxygen atoms in total. The van der Waals surface area contributed by atoms with E-state index in [4.69, 9.17) is 5.73 Å². The predicted molar refractivity (Wildman–Crippen MR) is 79.6 cm³/mol. The van der Waals surface area contributed by atoms with Gasteiger partial charge in [0.1, 0.15) is 5.82 Å². The lowest BCUT2D eigenvalue weighted by molar-refractivity contribution is 0.146. The van der Waals surface area contributed by atoms with Crippen molar-refractivity contribution in [2.24, 2.45) is 11.1 Å². The van der Waals surface area contributed by atoms with E-state index < -0.39 is 0 Å². The van der Waals surface area contributed by atoms with Crippen molar-refractivity contribution >= 4 is 0 Å². The first-order valence-corrected chi connectivity index (χ1v) is 7.07. The molecule has 108 valence electrons. The molecule has 0 aliphatic heterocycles. The van der Waals surface area contributed by atoms with Gasteiger partial charge in [-0.05, 0) is 43.5 Å². The van der Waals surface area contributed by atoms with Crippen LogP contribution in [0.1, 0.15) is 33.3 Å². The number of hydrogen-bond donors (Lipinski definition) is 1. The van der Waals surface area contributed by atoms with E-state index in [2.05, 4.69) is 32.6 Å². The van der Waals surface area contributed by atoms with Gasteiger partial charge in [0.25, 0.3) is 0 Å².